The summed E-state index contributed by atoms with van der Waals surface area (Å²) in [7, 11) is -4.27. The number of rotatable bonds is 23. The Kier molecular flexibility index (Phi) is 17.0. The number of unbranched alkanes of at least 4 members (excludes halogenated alkanes) is 18. The van der Waals surface area contributed by atoms with Gasteiger partial charge in [-0.15, -0.1) is 0 Å². The summed E-state index contributed by atoms with van der Waals surface area (Å²) in [6, 6.07) is 10.0. The third-order valence-electron chi connectivity index (χ3n) is 7.99. The SMILES string of the molecule is CCCCCCCCCCCCc1ccc2c(S(=O)(=O)O)c(CCCCCCCCCCCC)ccc2c1. The minimum Gasteiger partial charge on any atom is -0.282 e. The zero-order valence-electron chi connectivity index (χ0n) is 24.6. The van der Waals surface area contributed by atoms with Crippen LogP contribution in [0.4, 0.5) is 0 Å². The molecule has 0 unspecified atom stereocenters. The summed E-state index contributed by atoms with van der Waals surface area (Å²) < 4.78 is 34.8. The second kappa shape index (κ2) is 19.6. The standard InChI is InChI=1S/C34H56O3S/c1-3-5-7-9-11-13-15-17-19-21-23-30-25-28-33-32(29-30)27-26-31(34(33)38(35,36)37)24-22-20-18-16-14-12-10-8-6-4-2/h25-29H,3-24H2,1-2H3,(H,35,36,37). The van der Waals surface area contributed by atoms with Crippen molar-refractivity contribution in [2.45, 2.75) is 160 Å². The largest absolute Gasteiger partial charge is 0.295 e. The fraction of sp³-hybridized carbons (Fsp3) is 0.706. The lowest BCUT2D eigenvalue weighted by Crippen LogP contribution is -2.05. The number of fused-ring (bicyclic) bond motifs is 1. The highest BCUT2D eigenvalue weighted by Crippen LogP contribution is 2.29. The van der Waals surface area contributed by atoms with Gasteiger partial charge in [0.1, 0.15) is 4.90 Å². The Morgan fingerprint density at radius 1 is 0.553 bits per heavy atom. The van der Waals surface area contributed by atoms with Crippen LogP contribution < -0.4 is 0 Å². The second-order valence-corrected chi connectivity index (χ2v) is 12.8. The molecule has 0 saturated heterocycles. The van der Waals surface area contributed by atoms with Crippen LogP contribution in [-0.2, 0) is 23.0 Å². The molecule has 0 atom stereocenters. The van der Waals surface area contributed by atoms with Gasteiger partial charge in [0.05, 0.1) is 0 Å². The van der Waals surface area contributed by atoms with Gasteiger partial charge >= 0.3 is 0 Å². The quantitative estimate of drug-likeness (QED) is 0.112. The first-order valence-electron chi connectivity index (χ1n) is 16.0. The van der Waals surface area contributed by atoms with E-state index in [4.69, 9.17) is 0 Å². The van der Waals surface area contributed by atoms with Gasteiger partial charge < -0.3 is 0 Å². The van der Waals surface area contributed by atoms with Gasteiger partial charge in [0.2, 0.25) is 0 Å². The monoisotopic (exact) mass is 544 g/mol. The summed E-state index contributed by atoms with van der Waals surface area (Å²) in [5, 5.41) is 1.57. The van der Waals surface area contributed by atoms with E-state index in [1.54, 1.807) is 0 Å². The van der Waals surface area contributed by atoms with Gasteiger partial charge in [-0.25, -0.2) is 0 Å². The molecule has 216 valence electrons. The van der Waals surface area contributed by atoms with E-state index in [9.17, 15) is 13.0 Å². The van der Waals surface area contributed by atoms with E-state index in [1.807, 2.05) is 18.2 Å². The molecule has 38 heavy (non-hydrogen) atoms. The smallest absolute Gasteiger partial charge is 0.282 e. The number of benzene rings is 2. The third-order valence-corrected chi connectivity index (χ3v) is 8.99. The molecule has 2 aromatic carbocycles. The Bertz CT molecular complexity index is 996. The van der Waals surface area contributed by atoms with Gasteiger partial charge in [-0.3, -0.25) is 4.55 Å². The van der Waals surface area contributed by atoms with Crippen LogP contribution in [0.2, 0.25) is 0 Å². The summed E-state index contributed by atoms with van der Waals surface area (Å²) in [4.78, 5) is 0.122. The molecular weight excluding hydrogens is 488 g/mol. The lowest BCUT2D eigenvalue weighted by atomic mass is 9.98. The number of hydrogen-bond donors (Lipinski definition) is 1. The molecular formula is C34H56O3S. The van der Waals surface area contributed by atoms with Crippen molar-refractivity contribution >= 4 is 20.9 Å². The number of aryl methyl sites for hydroxylation is 2. The van der Waals surface area contributed by atoms with Crippen LogP contribution in [0.3, 0.4) is 0 Å². The van der Waals surface area contributed by atoms with Crippen molar-refractivity contribution in [3.8, 4) is 0 Å². The maximum absolute atomic E-state index is 12.4. The molecule has 0 heterocycles. The Hall–Kier alpha value is -1.39. The molecule has 3 nitrogen and oxygen atoms in total. The summed E-state index contributed by atoms with van der Waals surface area (Å²) >= 11 is 0. The van der Waals surface area contributed by atoms with E-state index in [-0.39, 0.29) is 4.90 Å². The first kappa shape index (κ1) is 32.8. The topological polar surface area (TPSA) is 54.4 Å². The molecule has 2 rings (SSSR count). The maximum atomic E-state index is 12.4. The Morgan fingerprint density at radius 2 is 1.00 bits per heavy atom. The minimum absolute atomic E-state index is 0.122. The molecule has 0 spiro atoms. The zero-order valence-corrected chi connectivity index (χ0v) is 25.4. The first-order valence-corrected chi connectivity index (χ1v) is 17.4. The van der Waals surface area contributed by atoms with Crippen LogP contribution >= 0.6 is 0 Å². The van der Waals surface area contributed by atoms with Crippen molar-refractivity contribution in [2.24, 2.45) is 0 Å². The van der Waals surface area contributed by atoms with Gasteiger partial charge in [0.25, 0.3) is 10.1 Å². The third kappa shape index (κ3) is 13.1. The van der Waals surface area contributed by atoms with E-state index in [0.717, 1.165) is 30.2 Å². The predicted molar refractivity (Wildman–Crippen MR) is 165 cm³/mol. The molecule has 0 bridgehead atoms. The molecule has 0 aliphatic heterocycles. The molecule has 0 aliphatic rings. The Balaban J connectivity index is 1.80. The van der Waals surface area contributed by atoms with Gasteiger partial charge in [0.15, 0.2) is 0 Å². The molecule has 1 N–H and O–H groups in total. The molecule has 0 amide bonds. The van der Waals surface area contributed by atoms with E-state index < -0.39 is 10.1 Å². The fourth-order valence-corrected chi connectivity index (χ4v) is 6.64. The highest BCUT2D eigenvalue weighted by atomic mass is 32.2. The normalized spacial score (nSPS) is 12.0. The summed E-state index contributed by atoms with van der Waals surface area (Å²) in [5.41, 5.74) is 2.00. The lowest BCUT2D eigenvalue weighted by Gasteiger charge is -2.12. The van der Waals surface area contributed by atoms with Crippen molar-refractivity contribution < 1.29 is 13.0 Å². The van der Waals surface area contributed by atoms with Crippen LogP contribution in [-0.4, -0.2) is 13.0 Å². The van der Waals surface area contributed by atoms with Crippen molar-refractivity contribution in [3.63, 3.8) is 0 Å². The molecule has 0 saturated carbocycles. The molecule has 0 fully saturated rings. The first-order chi connectivity index (χ1) is 18.5. The van der Waals surface area contributed by atoms with Gasteiger partial charge in [-0.1, -0.05) is 160 Å². The fourth-order valence-electron chi connectivity index (χ4n) is 5.67. The van der Waals surface area contributed by atoms with E-state index in [0.29, 0.717) is 11.8 Å². The van der Waals surface area contributed by atoms with Crippen LogP contribution in [0.5, 0.6) is 0 Å². The van der Waals surface area contributed by atoms with Crippen molar-refractivity contribution in [1.82, 2.24) is 0 Å². The summed E-state index contributed by atoms with van der Waals surface area (Å²) in [6.07, 6.45) is 27.5. The van der Waals surface area contributed by atoms with Crippen molar-refractivity contribution in [3.05, 3.63) is 41.5 Å². The molecule has 0 radical (unpaired) electrons. The van der Waals surface area contributed by atoms with Gasteiger partial charge in [0, 0.05) is 5.39 Å². The average Bonchev–Trinajstić information content (AvgIpc) is 2.89. The predicted octanol–water partition coefficient (Wildman–Crippen LogP) is 11.0. The van der Waals surface area contributed by atoms with Crippen LogP contribution in [0.25, 0.3) is 10.8 Å². The maximum Gasteiger partial charge on any atom is 0.295 e. The molecule has 0 aromatic heterocycles. The minimum atomic E-state index is -4.27. The van der Waals surface area contributed by atoms with Gasteiger partial charge in [-0.2, -0.15) is 8.42 Å². The molecule has 2 aromatic rings. The summed E-state index contributed by atoms with van der Waals surface area (Å²) in [5.74, 6) is 0. The number of hydrogen-bond acceptors (Lipinski definition) is 2. The second-order valence-electron chi connectivity index (χ2n) is 11.4. The molecule has 4 heteroatoms. The van der Waals surface area contributed by atoms with E-state index in [1.165, 1.54) is 121 Å². The highest BCUT2D eigenvalue weighted by Gasteiger charge is 2.19. The lowest BCUT2D eigenvalue weighted by molar-refractivity contribution is 0.482. The van der Waals surface area contributed by atoms with Crippen LogP contribution in [0.15, 0.2) is 35.2 Å². The van der Waals surface area contributed by atoms with Crippen molar-refractivity contribution in [1.29, 1.82) is 0 Å². The van der Waals surface area contributed by atoms with Crippen LogP contribution in [0.1, 0.15) is 153 Å². The Labute approximate surface area is 235 Å². The highest BCUT2D eigenvalue weighted by molar-refractivity contribution is 7.86. The average molecular weight is 545 g/mol. The van der Waals surface area contributed by atoms with Gasteiger partial charge in [-0.05, 0) is 42.2 Å². The summed E-state index contributed by atoms with van der Waals surface area (Å²) in [6.45, 7) is 4.51. The van der Waals surface area contributed by atoms with E-state index in [2.05, 4.69) is 26.0 Å². The van der Waals surface area contributed by atoms with E-state index >= 15 is 0 Å². The Morgan fingerprint density at radius 3 is 1.47 bits per heavy atom. The zero-order chi connectivity index (χ0) is 27.5. The molecule has 0 aliphatic carbocycles. The van der Waals surface area contributed by atoms with Crippen molar-refractivity contribution in [2.75, 3.05) is 0 Å². The van der Waals surface area contributed by atoms with Crippen LogP contribution in [0, 0.1) is 0 Å².